The van der Waals surface area contributed by atoms with Gasteiger partial charge in [-0.15, -0.1) is 0 Å². The minimum Gasteiger partial charge on any atom is -0.493 e. The first-order chi connectivity index (χ1) is 9.58. The number of hydrogen-bond acceptors (Lipinski definition) is 5. The standard InChI is InChI=1S/C13H14N2O4S/c1-17-9-5-7(6-10(18-2)11(9)19-3)4-8-12(16)15-13(20)14-8/h4-6H,1-3H3,(H2,14,15,16,20)/b8-4-. The third-order valence-corrected chi connectivity index (χ3v) is 2.92. The highest BCUT2D eigenvalue weighted by Gasteiger charge is 2.20. The molecule has 2 rings (SSSR count). The molecule has 106 valence electrons. The summed E-state index contributed by atoms with van der Waals surface area (Å²) in [7, 11) is 4.59. The van der Waals surface area contributed by atoms with Crippen LogP contribution in [0.25, 0.3) is 6.08 Å². The number of hydrogen-bond donors (Lipinski definition) is 2. The fraction of sp³-hybridized carbons (Fsp3) is 0.231. The number of amides is 1. The summed E-state index contributed by atoms with van der Waals surface area (Å²) in [6.45, 7) is 0. The zero-order chi connectivity index (χ0) is 14.7. The van der Waals surface area contributed by atoms with Crippen molar-refractivity contribution in [2.45, 2.75) is 0 Å². The zero-order valence-corrected chi connectivity index (χ0v) is 12.1. The fourth-order valence-corrected chi connectivity index (χ4v) is 2.04. The molecule has 7 heteroatoms. The Morgan fingerprint density at radius 1 is 1.05 bits per heavy atom. The topological polar surface area (TPSA) is 68.8 Å². The predicted octanol–water partition coefficient (Wildman–Crippen LogP) is 1.06. The van der Waals surface area contributed by atoms with Crippen molar-refractivity contribution in [3.63, 3.8) is 0 Å². The molecule has 1 saturated heterocycles. The van der Waals surface area contributed by atoms with Crippen molar-refractivity contribution in [3.8, 4) is 17.2 Å². The van der Waals surface area contributed by atoms with Crippen LogP contribution >= 0.6 is 12.2 Å². The van der Waals surface area contributed by atoms with Gasteiger partial charge in [-0.2, -0.15) is 0 Å². The first-order valence-electron chi connectivity index (χ1n) is 5.73. The highest BCUT2D eigenvalue weighted by molar-refractivity contribution is 7.80. The summed E-state index contributed by atoms with van der Waals surface area (Å²) in [5, 5.41) is 5.55. The van der Waals surface area contributed by atoms with E-state index in [1.54, 1.807) is 18.2 Å². The molecule has 0 spiro atoms. The number of rotatable bonds is 4. The van der Waals surface area contributed by atoms with Crippen molar-refractivity contribution >= 4 is 29.3 Å². The Kier molecular flexibility index (Phi) is 4.09. The van der Waals surface area contributed by atoms with Gasteiger partial charge in [0.1, 0.15) is 5.70 Å². The third-order valence-electron chi connectivity index (χ3n) is 2.72. The van der Waals surface area contributed by atoms with E-state index in [0.717, 1.165) is 5.56 Å². The van der Waals surface area contributed by atoms with Crippen molar-refractivity contribution in [1.82, 2.24) is 10.6 Å². The average Bonchev–Trinajstić information content (AvgIpc) is 2.75. The van der Waals surface area contributed by atoms with Gasteiger partial charge in [0.15, 0.2) is 16.6 Å². The van der Waals surface area contributed by atoms with Crippen molar-refractivity contribution in [2.75, 3.05) is 21.3 Å². The second-order valence-electron chi connectivity index (χ2n) is 3.92. The summed E-state index contributed by atoms with van der Waals surface area (Å²) in [6.07, 6.45) is 1.65. The minimum atomic E-state index is -0.274. The molecule has 6 nitrogen and oxygen atoms in total. The molecule has 1 aliphatic heterocycles. The van der Waals surface area contributed by atoms with Crippen LogP contribution in [0.3, 0.4) is 0 Å². The van der Waals surface area contributed by atoms with Crippen LogP contribution in [0.15, 0.2) is 17.8 Å². The van der Waals surface area contributed by atoms with Gasteiger partial charge in [0.2, 0.25) is 5.75 Å². The van der Waals surface area contributed by atoms with E-state index in [1.807, 2.05) is 0 Å². The van der Waals surface area contributed by atoms with Crippen LogP contribution in [0.4, 0.5) is 0 Å². The van der Waals surface area contributed by atoms with Crippen molar-refractivity contribution in [2.24, 2.45) is 0 Å². The maximum atomic E-state index is 11.6. The van der Waals surface area contributed by atoms with Crippen LogP contribution in [-0.4, -0.2) is 32.3 Å². The molecule has 1 amide bonds. The number of nitrogens with one attached hydrogen (secondary N) is 2. The molecule has 1 aromatic rings. The van der Waals surface area contributed by atoms with Crippen molar-refractivity contribution < 1.29 is 19.0 Å². The molecule has 20 heavy (non-hydrogen) atoms. The summed E-state index contributed by atoms with van der Waals surface area (Å²) < 4.78 is 15.7. The largest absolute Gasteiger partial charge is 0.493 e. The van der Waals surface area contributed by atoms with Crippen molar-refractivity contribution in [1.29, 1.82) is 0 Å². The molecule has 0 bridgehead atoms. The molecule has 1 aliphatic rings. The van der Waals surface area contributed by atoms with Gasteiger partial charge < -0.3 is 19.5 Å². The van der Waals surface area contributed by atoms with Crippen LogP contribution in [-0.2, 0) is 4.79 Å². The quantitative estimate of drug-likeness (QED) is 0.639. The fourth-order valence-electron chi connectivity index (χ4n) is 1.83. The van der Waals surface area contributed by atoms with Gasteiger partial charge in [-0.05, 0) is 36.0 Å². The Hall–Kier alpha value is -2.28. The first-order valence-corrected chi connectivity index (χ1v) is 6.14. The Labute approximate surface area is 121 Å². The summed E-state index contributed by atoms with van der Waals surface area (Å²) in [4.78, 5) is 11.6. The van der Waals surface area contributed by atoms with E-state index in [9.17, 15) is 4.79 Å². The number of carbonyl (C=O) groups is 1. The van der Waals surface area contributed by atoms with Crippen molar-refractivity contribution in [3.05, 3.63) is 23.4 Å². The van der Waals surface area contributed by atoms with Gasteiger partial charge in [0, 0.05) is 0 Å². The van der Waals surface area contributed by atoms with Gasteiger partial charge in [0.05, 0.1) is 21.3 Å². The van der Waals surface area contributed by atoms with E-state index in [4.69, 9.17) is 26.4 Å². The normalized spacial score (nSPS) is 15.8. The summed E-state index contributed by atoms with van der Waals surface area (Å²) in [5.74, 6) is 1.25. The van der Waals surface area contributed by atoms with Crippen LogP contribution in [0.1, 0.15) is 5.56 Å². The van der Waals surface area contributed by atoms with Crippen LogP contribution in [0.2, 0.25) is 0 Å². The SMILES string of the molecule is COc1cc(/C=C2\NC(=S)NC2=O)cc(OC)c1OC. The highest BCUT2D eigenvalue weighted by atomic mass is 32.1. The second kappa shape index (κ2) is 5.79. The lowest BCUT2D eigenvalue weighted by Gasteiger charge is -2.13. The number of methoxy groups -OCH3 is 3. The molecule has 1 heterocycles. The Morgan fingerprint density at radius 2 is 1.65 bits per heavy atom. The maximum absolute atomic E-state index is 11.6. The molecule has 0 aromatic heterocycles. The second-order valence-corrected chi connectivity index (χ2v) is 4.33. The van der Waals surface area contributed by atoms with E-state index in [-0.39, 0.29) is 11.0 Å². The summed E-state index contributed by atoms with van der Waals surface area (Å²) >= 11 is 4.87. The lowest BCUT2D eigenvalue weighted by Crippen LogP contribution is -2.21. The summed E-state index contributed by atoms with van der Waals surface area (Å²) in [5.41, 5.74) is 1.09. The monoisotopic (exact) mass is 294 g/mol. The minimum absolute atomic E-state index is 0.274. The number of benzene rings is 1. The Morgan fingerprint density at radius 3 is 2.05 bits per heavy atom. The van der Waals surface area contributed by atoms with E-state index in [0.29, 0.717) is 22.9 Å². The van der Waals surface area contributed by atoms with Crippen LogP contribution < -0.4 is 24.8 Å². The first kappa shape index (κ1) is 14.1. The van der Waals surface area contributed by atoms with Crippen LogP contribution in [0.5, 0.6) is 17.2 Å². The van der Waals surface area contributed by atoms with Gasteiger partial charge in [-0.3, -0.25) is 10.1 Å². The molecule has 0 saturated carbocycles. The van der Waals surface area contributed by atoms with Gasteiger partial charge in [-0.25, -0.2) is 0 Å². The number of ether oxygens (including phenoxy) is 3. The molecule has 1 aromatic carbocycles. The Bertz CT molecular complexity index is 573. The molecule has 0 unspecified atom stereocenters. The third kappa shape index (κ3) is 2.67. The molecule has 0 atom stereocenters. The zero-order valence-electron chi connectivity index (χ0n) is 11.3. The lowest BCUT2D eigenvalue weighted by atomic mass is 10.1. The molecular weight excluding hydrogens is 280 g/mol. The summed E-state index contributed by atoms with van der Waals surface area (Å²) in [6, 6.07) is 3.48. The van der Waals surface area contributed by atoms with Crippen LogP contribution in [0, 0.1) is 0 Å². The lowest BCUT2D eigenvalue weighted by molar-refractivity contribution is -0.115. The smallest absolute Gasteiger partial charge is 0.273 e. The van der Waals surface area contributed by atoms with E-state index < -0.39 is 0 Å². The van der Waals surface area contributed by atoms with Gasteiger partial charge >= 0.3 is 0 Å². The number of thiocarbonyl (C=S) groups is 1. The number of carbonyl (C=O) groups excluding carboxylic acids is 1. The average molecular weight is 294 g/mol. The molecular formula is C13H14N2O4S. The molecule has 0 radical (unpaired) electrons. The Balaban J connectivity index is 2.45. The molecule has 1 fully saturated rings. The van der Waals surface area contributed by atoms with Gasteiger partial charge in [-0.1, -0.05) is 0 Å². The van der Waals surface area contributed by atoms with Gasteiger partial charge in [0.25, 0.3) is 5.91 Å². The molecule has 0 aliphatic carbocycles. The van der Waals surface area contributed by atoms with E-state index in [1.165, 1.54) is 21.3 Å². The van der Waals surface area contributed by atoms with E-state index >= 15 is 0 Å². The molecule has 2 N–H and O–H groups in total. The van der Waals surface area contributed by atoms with E-state index in [2.05, 4.69) is 10.6 Å². The maximum Gasteiger partial charge on any atom is 0.273 e. The predicted molar refractivity (Wildman–Crippen MR) is 78.0 cm³/mol. The highest BCUT2D eigenvalue weighted by Crippen LogP contribution is 2.38.